The van der Waals surface area contributed by atoms with Crippen LogP contribution < -0.4 is 15.5 Å². The molecule has 5 rings (SSSR count). The van der Waals surface area contributed by atoms with Gasteiger partial charge in [-0.05, 0) is 26.0 Å². The molecule has 2 N–H and O–H groups in total. The van der Waals surface area contributed by atoms with Gasteiger partial charge in [-0.15, -0.1) is 16.4 Å². The summed E-state index contributed by atoms with van der Waals surface area (Å²) < 4.78 is 11.3. The number of amides is 1. The van der Waals surface area contributed by atoms with Gasteiger partial charge in [-0.25, -0.2) is 4.99 Å². The van der Waals surface area contributed by atoms with Crippen LogP contribution >= 0.6 is 11.3 Å². The van der Waals surface area contributed by atoms with E-state index in [0.29, 0.717) is 23.9 Å². The highest BCUT2D eigenvalue weighted by Gasteiger charge is 2.28. The number of thiophene rings is 1. The van der Waals surface area contributed by atoms with Gasteiger partial charge in [0.25, 0.3) is 11.8 Å². The summed E-state index contributed by atoms with van der Waals surface area (Å²) in [5.41, 5.74) is 3.98. The molecule has 37 heavy (non-hydrogen) atoms. The van der Waals surface area contributed by atoms with Crippen LogP contribution in [0, 0.1) is 6.92 Å². The fourth-order valence-electron chi connectivity index (χ4n) is 4.18. The number of likely N-dealkylation sites (N-methyl/N-ethyl adjacent to an activating group) is 1. The van der Waals surface area contributed by atoms with Crippen molar-refractivity contribution in [2.24, 2.45) is 4.99 Å². The number of hydrogen-bond acceptors (Lipinski definition) is 9. The summed E-state index contributed by atoms with van der Waals surface area (Å²) in [5.74, 6) is 0.0595. The minimum atomic E-state index is -0.964. The molecule has 1 aliphatic rings. The van der Waals surface area contributed by atoms with Gasteiger partial charge in [-0.3, -0.25) is 4.79 Å². The van der Waals surface area contributed by atoms with Crippen LogP contribution in [-0.4, -0.2) is 54.8 Å². The van der Waals surface area contributed by atoms with E-state index in [2.05, 4.69) is 32.7 Å². The number of methoxy groups -OCH3 is 1. The molecule has 0 unspecified atom stereocenters. The number of benzene rings is 2. The maximum atomic E-state index is 13.1. The monoisotopic (exact) mass is 516 g/mol. The van der Waals surface area contributed by atoms with Crippen LogP contribution in [0.5, 0.6) is 0 Å². The summed E-state index contributed by atoms with van der Waals surface area (Å²) in [6.45, 7) is 6.32. The number of carbonyl (C=O) groups is 1. The van der Waals surface area contributed by atoms with Crippen molar-refractivity contribution in [2.75, 3.05) is 42.3 Å². The Hall–Kier alpha value is -4.02. The molecule has 2 aromatic heterocycles. The van der Waals surface area contributed by atoms with Crippen molar-refractivity contribution in [2.45, 2.75) is 20.0 Å². The number of hydrogen-bond donors (Lipinski definition) is 2. The van der Waals surface area contributed by atoms with Crippen LogP contribution in [0.1, 0.15) is 22.9 Å². The average molecular weight is 517 g/mol. The number of nitrogens with one attached hydrogen (secondary N) is 2. The van der Waals surface area contributed by atoms with Gasteiger partial charge in [0.15, 0.2) is 0 Å². The van der Waals surface area contributed by atoms with Gasteiger partial charge in [-0.1, -0.05) is 53.6 Å². The Morgan fingerprint density at radius 1 is 1.11 bits per heavy atom. The summed E-state index contributed by atoms with van der Waals surface area (Å²) in [5, 5.41) is 15.5. The lowest BCUT2D eigenvalue weighted by molar-refractivity contribution is -0.116. The minimum Gasteiger partial charge on any atom is -0.403 e. The van der Waals surface area contributed by atoms with Gasteiger partial charge in [-0.2, -0.15) is 0 Å². The second-order valence-corrected chi connectivity index (χ2v) is 9.72. The maximum Gasteiger partial charge on any atom is 0.317 e. The Morgan fingerprint density at radius 3 is 2.68 bits per heavy atom. The first-order valence-electron chi connectivity index (χ1n) is 12.1. The van der Waals surface area contributed by atoms with Crippen LogP contribution in [0.25, 0.3) is 11.5 Å². The summed E-state index contributed by atoms with van der Waals surface area (Å²) in [6, 6.07) is 19.5. The molecule has 1 aliphatic heterocycles. The SMILES string of the molecule is CCN(CCOC)c1sc(C)cc1-c1nnc(N[C@H]2N=C(c3ccccc3)c3ccccc3NC2=O)o1. The quantitative estimate of drug-likeness (QED) is 0.329. The lowest BCUT2D eigenvalue weighted by Crippen LogP contribution is -2.32. The summed E-state index contributed by atoms with van der Waals surface area (Å²) in [7, 11) is 1.69. The van der Waals surface area contributed by atoms with Gasteiger partial charge in [0.2, 0.25) is 6.17 Å². The third-order valence-corrected chi connectivity index (χ3v) is 7.09. The van der Waals surface area contributed by atoms with Gasteiger partial charge in [0, 0.05) is 36.2 Å². The van der Waals surface area contributed by atoms with Crippen molar-refractivity contribution in [1.82, 2.24) is 10.2 Å². The number of anilines is 3. The molecular weight excluding hydrogens is 488 g/mol. The number of carbonyl (C=O) groups excluding carboxylic acids is 1. The van der Waals surface area contributed by atoms with Crippen molar-refractivity contribution >= 4 is 39.7 Å². The lowest BCUT2D eigenvalue weighted by Gasteiger charge is -2.21. The van der Waals surface area contributed by atoms with Gasteiger partial charge in [0.05, 0.1) is 23.6 Å². The number of nitrogens with zero attached hydrogens (tertiary/aromatic N) is 4. The fraction of sp³-hybridized carbons (Fsp3) is 0.259. The van der Waals surface area contributed by atoms with Crippen LogP contribution in [0.2, 0.25) is 0 Å². The Labute approximate surface area is 219 Å². The molecule has 4 aromatic rings. The van der Waals surface area contributed by atoms with Crippen molar-refractivity contribution in [3.63, 3.8) is 0 Å². The summed E-state index contributed by atoms with van der Waals surface area (Å²) in [6.07, 6.45) is -0.964. The number of ether oxygens (including phenoxy) is 1. The highest BCUT2D eigenvalue weighted by atomic mass is 32.1. The molecule has 10 heteroatoms. The molecule has 0 radical (unpaired) electrons. The molecule has 1 atom stereocenters. The molecule has 3 heterocycles. The second kappa shape index (κ2) is 10.9. The van der Waals surface area contributed by atoms with Crippen molar-refractivity contribution in [3.05, 3.63) is 76.7 Å². The molecular formula is C27H28N6O3S. The Bertz CT molecular complexity index is 1410. The smallest absolute Gasteiger partial charge is 0.317 e. The standard InChI is InChI=1S/C27H28N6O3S/c1-4-33(14-15-35-3)26-20(16-17(2)37-26)25-31-32-27(36-25)30-23-24(34)28-21-13-9-8-12-19(21)22(29-23)18-10-6-5-7-11-18/h5-13,16,23H,4,14-15H2,1-3H3,(H,28,34)(H,30,32)/t23-/m1/s1. The van der Waals surface area contributed by atoms with Crippen LogP contribution in [0.3, 0.4) is 0 Å². The number of rotatable bonds is 9. The zero-order valence-electron chi connectivity index (χ0n) is 20.9. The van der Waals surface area contributed by atoms with Gasteiger partial charge < -0.3 is 24.7 Å². The molecule has 0 bridgehead atoms. The van der Waals surface area contributed by atoms with Crippen LogP contribution in [0.4, 0.5) is 16.7 Å². The largest absolute Gasteiger partial charge is 0.403 e. The van der Waals surface area contributed by atoms with Gasteiger partial charge in [0.1, 0.15) is 5.00 Å². The molecule has 1 amide bonds. The van der Waals surface area contributed by atoms with Crippen LogP contribution in [0.15, 0.2) is 70.1 Å². The topological polar surface area (TPSA) is 105 Å². The van der Waals surface area contributed by atoms with E-state index in [1.165, 1.54) is 0 Å². The van der Waals surface area contributed by atoms with E-state index in [1.807, 2.05) is 67.6 Å². The van der Waals surface area contributed by atoms with Crippen LogP contribution in [-0.2, 0) is 9.53 Å². The Morgan fingerprint density at radius 2 is 1.89 bits per heavy atom. The number of aryl methyl sites for hydroxylation is 1. The Kier molecular flexibility index (Phi) is 7.29. The van der Waals surface area contributed by atoms with E-state index in [4.69, 9.17) is 14.1 Å². The van der Waals surface area contributed by atoms with Crippen molar-refractivity contribution in [1.29, 1.82) is 0 Å². The maximum absolute atomic E-state index is 13.1. The van der Waals surface area contributed by atoms with E-state index in [1.54, 1.807) is 18.4 Å². The first kappa shape index (κ1) is 24.7. The molecule has 0 fully saturated rings. The zero-order valence-corrected chi connectivity index (χ0v) is 21.7. The first-order chi connectivity index (χ1) is 18.1. The average Bonchev–Trinajstić information content (AvgIpc) is 3.51. The lowest BCUT2D eigenvalue weighted by atomic mass is 10.0. The Balaban J connectivity index is 1.45. The van der Waals surface area contributed by atoms with Crippen molar-refractivity contribution < 1.29 is 13.9 Å². The highest BCUT2D eigenvalue weighted by molar-refractivity contribution is 7.16. The molecule has 9 nitrogen and oxygen atoms in total. The van der Waals surface area contributed by atoms with Crippen molar-refractivity contribution in [3.8, 4) is 11.5 Å². The summed E-state index contributed by atoms with van der Waals surface area (Å²) in [4.78, 5) is 21.3. The number of aromatic nitrogens is 2. The highest BCUT2D eigenvalue weighted by Crippen LogP contribution is 2.38. The van der Waals surface area contributed by atoms with E-state index in [9.17, 15) is 4.79 Å². The third-order valence-electron chi connectivity index (χ3n) is 5.98. The number of benzodiazepines with no additional fused rings is 1. The predicted molar refractivity (Wildman–Crippen MR) is 147 cm³/mol. The minimum absolute atomic E-state index is 0.118. The van der Waals surface area contributed by atoms with Gasteiger partial charge >= 0.3 is 6.01 Å². The molecule has 0 aliphatic carbocycles. The number of para-hydroxylation sites is 1. The van der Waals surface area contributed by atoms with E-state index < -0.39 is 6.17 Å². The molecule has 0 saturated carbocycles. The first-order valence-corrected chi connectivity index (χ1v) is 12.9. The third kappa shape index (κ3) is 5.25. The second-order valence-electron chi connectivity index (χ2n) is 8.49. The molecule has 2 aromatic carbocycles. The fourth-order valence-corrected chi connectivity index (χ4v) is 5.27. The van der Waals surface area contributed by atoms with E-state index in [0.717, 1.165) is 39.7 Å². The predicted octanol–water partition coefficient (Wildman–Crippen LogP) is 4.81. The molecule has 0 spiro atoms. The summed E-state index contributed by atoms with van der Waals surface area (Å²) >= 11 is 1.67. The van der Waals surface area contributed by atoms with E-state index in [-0.39, 0.29) is 11.9 Å². The zero-order chi connectivity index (χ0) is 25.8. The molecule has 190 valence electrons. The normalized spacial score (nSPS) is 14.9. The van der Waals surface area contributed by atoms with E-state index >= 15 is 0 Å². The number of aliphatic imine (C=N–C) groups is 1. The number of fused-ring (bicyclic) bond motifs is 1. The molecule has 0 saturated heterocycles.